The summed E-state index contributed by atoms with van der Waals surface area (Å²) in [4.78, 5) is 13.3. The van der Waals surface area contributed by atoms with Crippen molar-refractivity contribution in [2.45, 2.75) is 311 Å². The van der Waals surface area contributed by atoms with E-state index in [4.69, 9.17) is 28.4 Å². The highest BCUT2D eigenvalue weighted by molar-refractivity contribution is 5.76. The highest BCUT2D eigenvalue weighted by Gasteiger charge is 2.53. The minimum absolute atomic E-state index is 0.256. The topological polar surface area (TPSA) is 307 Å². The molecule has 0 aromatic carbocycles. The number of hydrogen-bond acceptors (Lipinski definition) is 18. The van der Waals surface area contributed by atoms with E-state index in [1.54, 1.807) is 0 Å². The molecule has 91 heavy (non-hydrogen) atoms. The van der Waals surface area contributed by atoms with E-state index < -0.39 is 124 Å². The quantitative estimate of drug-likeness (QED) is 0.0200. The largest absolute Gasteiger partial charge is 0.394 e. The molecule has 3 aliphatic heterocycles. The lowest BCUT2D eigenvalue weighted by molar-refractivity contribution is -0.379. The highest BCUT2D eigenvalue weighted by atomic mass is 16.8. The number of amides is 1. The predicted octanol–water partition coefficient (Wildman–Crippen LogP) is 9.05. The van der Waals surface area contributed by atoms with Gasteiger partial charge in [0.05, 0.1) is 38.6 Å². The average Bonchev–Trinajstić information content (AvgIpc) is 0.864. The van der Waals surface area contributed by atoms with Crippen molar-refractivity contribution in [2.24, 2.45) is 0 Å². The van der Waals surface area contributed by atoms with Crippen molar-refractivity contribution in [3.63, 3.8) is 0 Å². The van der Waals surface area contributed by atoms with Crippen LogP contribution in [-0.2, 0) is 33.2 Å². The van der Waals surface area contributed by atoms with Crippen LogP contribution in [0.25, 0.3) is 0 Å². The molecule has 17 unspecified atom stereocenters. The first-order valence-corrected chi connectivity index (χ1v) is 34.6. The van der Waals surface area contributed by atoms with Gasteiger partial charge >= 0.3 is 0 Å². The molecule has 0 aromatic rings. The Hall–Kier alpha value is -3.55. The maximum absolute atomic E-state index is 13.3. The summed E-state index contributed by atoms with van der Waals surface area (Å²) in [5.41, 5.74) is 0. The average molecular weight is 1290 g/mol. The molecule has 19 heteroatoms. The van der Waals surface area contributed by atoms with Gasteiger partial charge in [-0.1, -0.05) is 226 Å². The fourth-order valence-corrected chi connectivity index (χ4v) is 11.0. The second-order valence-electron chi connectivity index (χ2n) is 24.3. The predicted molar refractivity (Wildman–Crippen MR) is 355 cm³/mol. The Morgan fingerprint density at radius 1 is 0.407 bits per heavy atom. The van der Waals surface area contributed by atoms with Gasteiger partial charge in [0.1, 0.15) is 73.2 Å². The van der Waals surface area contributed by atoms with Crippen LogP contribution in [0.15, 0.2) is 109 Å². The lowest BCUT2D eigenvalue weighted by atomic mass is 9.96. The molecule has 3 heterocycles. The van der Waals surface area contributed by atoms with Crippen molar-refractivity contribution in [3.8, 4) is 0 Å². The number of aliphatic hydroxyl groups excluding tert-OH is 11. The summed E-state index contributed by atoms with van der Waals surface area (Å²) in [5, 5.41) is 120. The number of unbranched alkanes of at least 4 members (excludes halogenated alkanes) is 17. The summed E-state index contributed by atoms with van der Waals surface area (Å²) in [5.74, 6) is -0.256. The number of carbonyl (C=O) groups excluding carboxylic acids is 1. The summed E-state index contributed by atoms with van der Waals surface area (Å²) in [7, 11) is 0. The monoisotopic (exact) mass is 1290 g/mol. The van der Waals surface area contributed by atoms with Gasteiger partial charge in [0, 0.05) is 6.42 Å². The zero-order chi connectivity index (χ0) is 66.1. The van der Waals surface area contributed by atoms with Crippen LogP contribution in [0.2, 0.25) is 0 Å². The molecule has 3 aliphatic rings. The second kappa shape index (κ2) is 52.7. The lowest BCUT2D eigenvalue weighted by Gasteiger charge is -2.48. The van der Waals surface area contributed by atoms with Crippen molar-refractivity contribution >= 4 is 5.91 Å². The zero-order valence-electron chi connectivity index (χ0n) is 55.0. The van der Waals surface area contributed by atoms with Crippen LogP contribution in [0, 0.1) is 0 Å². The maximum atomic E-state index is 13.3. The summed E-state index contributed by atoms with van der Waals surface area (Å²) in [6.07, 6.45) is 44.2. The van der Waals surface area contributed by atoms with E-state index in [9.17, 15) is 61.0 Å². The van der Waals surface area contributed by atoms with Crippen molar-refractivity contribution in [1.82, 2.24) is 5.32 Å². The van der Waals surface area contributed by atoms with Gasteiger partial charge in [-0.15, -0.1) is 0 Å². The Morgan fingerprint density at radius 2 is 0.758 bits per heavy atom. The number of ether oxygens (including phenoxy) is 6. The zero-order valence-corrected chi connectivity index (χ0v) is 55.0. The maximum Gasteiger partial charge on any atom is 0.220 e. The summed E-state index contributed by atoms with van der Waals surface area (Å²) >= 11 is 0. The Balaban J connectivity index is 1.24. The number of allylic oxidation sites excluding steroid dienone is 18. The van der Waals surface area contributed by atoms with E-state index in [0.29, 0.717) is 19.3 Å². The molecular formula is C72H121NO18. The molecule has 3 fully saturated rings. The number of nitrogens with one attached hydrogen (secondary N) is 1. The van der Waals surface area contributed by atoms with Crippen molar-refractivity contribution in [1.29, 1.82) is 0 Å². The van der Waals surface area contributed by atoms with Crippen LogP contribution in [0.4, 0.5) is 0 Å². The van der Waals surface area contributed by atoms with Crippen LogP contribution in [0.3, 0.4) is 0 Å². The molecule has 0 radical (unpaired) electrons. The van der Waals surface area contributed by atoms with Crippen LogP contribution in [0.5, 0.6) is 0 Å². The molecular weight excluding hydrogens is 1170 g/mol. The minimum atomic E-state index is -1.97. The van der Waals surface area contributed by atoms with Crippen molar-refractivity contribution < 1.29 is 89.4 Å². The summed E-state index contributed by atoms with van der Waals surface area (Å²) in [6, 6.07) is -0.889. The number of rotatable bonds is 51. The van der Waals surface area contributed by atoms with Gasteiger partial charge in [-0.2, -0.15) is 0 Å². The Kier molecular flexibility index (Phi) is 47.3. The van der Waals surface area contributed by atoms with Crippen LogP contribution >= 0.6 is 0 Å². The molecule has 522 valence electrons. The standard InChI is InChI=1S/C72H121NO18/c1-3-5-7-9-10-11-12-13-14-15-16-17-18-19-20-21-22-23-24-25-26-27-28-29-30-31-32-33-34-35-36-37-38-39-40-41-42-43-44-46-48-50-60(78)73-55(56(77)49-47-45-8-6-4-2)54-86-70-66(84)63(81)68(58(52-75)88-70)91-72-67(85)64(82)69(59(53-76)89-72)90-71-65(83)62(80)61(79)57(51-74)87-71/h5,7,10-11,13-14,16-17,19-20,22-23,25-26,28-29,31-32,55-59,61-72,74-77,79-85H,3-4,6,8-9,12,15,18,21,24,27,30,33-54H2,1-2H3,(H,73,78)/b7-5-,11-10-,14-13-,17-16-,20-19-,23-22-,26-25-,29-28-,32-31-. The molecule has 0 spiro atoms. The van der Waals surface area contributed by atoms with Gasteiger partial charge in [-0.25, -0.2) is 0 Å². The molecule has 12 N–H and O–H groups in total. The highest BCUT2D eigenvalue weighted by Crippen LogP contribution is 2.33. The third-order valence-electron chi connectivity index (χ3n) is 16.6. The Bertz CT molecular complexity index is 2070. The third kappa shape index (κ3) is 34.6. The molecule has 0 saturated carbocycles. The van der Waals surface area contributed by atoms with E-state index in [1.807, 2.05) is 0 Å². The van der Waals surface area contributed by atoms with E-state index in [1.165, 1.54) is 57.8 Å². The molecule has 0 aromatic heterocycles. The lowest BCUT2D eigenvalue weighted by Crippen LogP contribution is -2.66. The molecule has 0 bridgehead atoms. The molecule has 3 rings (SSSR count). The fourth-order valence-electron chi connectivity index (χ4n) is 11.0. The summed E-state index contributed by atoms with van der Waals surface area (Å²) < 4.78 is 34.2. The number of hydrogen-bond donors (Lipinski definition) is 12. The molecule has 3 saturated heterocycles. The normalized spacial score (nSPS) is 28.6. The van der Waals surface area contributed by atoms with Crippen molar-refractivity contribution in [3.05, 3.63) is 109 Å². The second-order valence-corrected chi connectivity index (χ2v) is 24.3. The molecule has 19 nitrogen and oxygen atoms in total. The van der Waals surface area contributed by atoms with Gasteiger partial charge in [-0.05, 0) is 83.5 Å². The first kappa shape index (κ1) is 81.7. The van der Waals surface area contributed by atoms with Gasteiger partial charge < -0.3 is 89.9 Å². The smallest absolute Gasteiger partial charge is 0.220 e. The Labute approximate surface area is 545 Å². The van der Waals surface area contributed by atoms with E-state index >= 15 is 0 Å². The molecule has 17 atom stereocenters. The van der Waals surface area contributed by atoms with Gasteiger partial charge in [-0.3, -0.25) is 4.79 Å². The third-order valence-corrected chi connectivity index (χ3v) is 16.6. The van der Waals surface area contributed by atoms with Gasteiger partial charge in [0.25, 0.3) is 0 Å². The van der Waals surface area contributed by atoms with Crippen LogP contribution in [0.1, 0.15) is 206 Å². The van der Waals surface area contributed by atoms with E-state index in [2.05, 4.69) is 129 Å². The van der Waals surface area contributed by atoms with E-state index in [0.717, 1.165) is 109 Å². The van der Waals surface area contributed by atoms with Gasteiger partial charge in [0.2, 0.25) is 5.91 Å². The van der Waals surface area contributed by atoms with Crippen LogP contribution in [-0.4, -0.2) is 193 Å². The number of aliphatic hydroxyl groups is 11. The molecule has 0 aliphatic carbocycles. The van der Waals surface area contributed by atoms with Crippen molar-refractivity contribution in [2.75, 3.05) is 26.4 Å². The molecule has 1 amide bonds. The van der Waals surface area contributed by atoms with Gasteiger partial charge in [0.15, 0.2) is 18.9 Å². The van der Waals surface area contributed by atoms with Crippen LogP contribution < -0.4 is 5.32 Å². The SMILES string of the molecule is CC/C=C\C/C=C\C/C=C\C/C=C\C/C=C\C/C=C\C/C=C\C/C=C\C/C=C\CCCCCCCCCCCCCCCC(=O)NC(COC1OC(CO)C(OC2OC(CO)C(OC3OC(CO)C(O)C(O)C3O)C(O)C2O)C(O)C1O)C(O)CCCCCCC. The fraction of sp³-hybridized carbons (Fsp3) is 0.736. The number of carbonyl (C=O) groups is 1. The first-order valence-electron chi connectivity index (χ1n) is 34.6. The van der Waals surface area contributed by atoms with E-state index in [-0.39, 0.29) is 18.9 Å². The summed E-state index contributed by atoms with van der Waals surface area (Å²) in [6.45, 7) is 1.55. The Morgan fingerprint density at radius 3 is 1.19 bits per heavy atom. The minimum Gasteiger partial charge on any atom is -0.394 e. The first-order chi connectivity index (χ1) is 44.3.